The highest BCUT2D eigenvalue weighted by Crippen LogP contribution is 2.55. The summed E-state index contributed by atoms with van der Waals surface area (Å²) >= 11 is 0. The normalized spacial score (nSPS) is 35.5. The standard InChI is InChI=1S/C16H29NO2S/c1-8-15(5)9-10-16(6,11-13(15)2)14(3,4)12-17-20(7,18)19/h1,13,17H,9-12H2,2-7H3. The van der Waals surface area contributed by atoms with Crippen LogP contribution < -0.4 is 4.72 Å². The molecule has 1 aliphatic rings. The van der Waals surface area contributed by atoms with Gasteiger partial charge in [0.25, 0.3) is 0 Å². The monoisotopic (exact) mass is 299 g/mol. The van der Waals surface area contributed by atoms with E-state index in [2.05, 4.69) is 45.3 Å². The Morgan fingerprint density at radius 2 is 1.90 bits per heavy atom. The average Bonchev–Trinajstić information content (AvgIpc) is 2.31. The maximum Gasteiger partial charge on any atom is 0.208 e. The SMILES string of the molecule is C#CC1(C)CCC(C)(C(C)(C)CNS(C)(=O)=O)CC1C. The fourth-order valence-electron chi connectivity index (χ4n) is 3.14. The molecule has 1 rings (SSSR count). The summed E-state index contributed by atoms with van der Waals surface area (Å²) in [6.45, 7) is 11.4. The predicted molar refractivity (Wildman–Crippen MR) is 84.7 cm³/mol. The number of terminal acetylenes is 1. The first kappa shape index (κ1) is 17.5. The van der Waals surface area contributed by atoms with E-state index in [1.807, 2.05) is 0 Å². The third kappa shape index (κ3) is 3.56. The van der Waals surface area contributed by atoms with Crippen LogP contribution in [0.15, 0.2) is 0 Å². The molecule has 3 unspecified atom stereocenters. The molecule has 0 bridgehead atoms. The number of hydrogen-bond donors (Lipinski definition) is 1. The second-order valence-electron chi connectivity index (χ2n) is 7.70. The second kappa shape index (κ2) is 5.35. The van der Waals surface area contributed by atoms with E-state index in [0.717, 1.165) is 19.3 Å². The number of rotatable bonds is 4. The number of sulfonamides is 1. The van der Waals surface area contributed by atoms with Crippen LogP contribution in [0.1, 0.15) is 53.9 Å². The van der Waals surface area contributed by atoms with Gasteiger partial charge in [-0.25, -0.2) is 13.1 Å². The smallest absolute Gasteiger partial charge is 0.208 e. The van der Waals surface area contributed by atoms with Crippen molar-refractivity contribution in [1.29, 1.82) is 0 Å². The molecule has 1 N–H and O–H groups in total. The topological polar surface area (TPSA) is 46.2 Å². The van der Waals surface area contributed by atoms with E-state index in [4.69, 9.17) is 6.42 Å². The fraction of sp³-hybridized carbons (Fsp3) is 0.875. The van der Waals surface area contributed by atoms with Gasteiger partial charge >= 0.3 is 0 Å². The summed E-state index contributed by atoms with van der Waals surface area (Å²) in [7, 11) is -3.15. The maximum absolute atomic E-state index is 11.3. The molecule has 0 aromatic rings. The summed E-state index contributed by atoms with van der Waals surface area (Å²) in [4.78, 5) is 0. The Labute approximate surface area is 125 Å². The minimum absolute atomic E-state index is 0.0279. The lowest BCUT2D eigenvalue weighted by atomic mass is 9.52. The highest BCUT2D eigenvalue weighted by molar-refractivity contribution is 7.88. The van der Waals surface area contributed by atoms with Crippen molar-refractivity contribution in [1.82, 2.24) is 4.72 Å². The Kier molecular flexibility index (Phi) is 4.68. The molecule has 0 aromatic carbocycles. The van der Waals surface area contributed by atoms with Crippen LogP contribution in [0.4, 0.5) is 0 Å². The van der Waals surface area contributed by atoms with Crippen molar-refractivity contribution in [3.8, 4) is 12.3 Å². The van der Waals surface area contributed by atoms with Crippen molar-refractivity contribution < 1.29 is 8.42 Å². The van der Waals surface area contributed by atoms with Gasteiger partial charge in [0.15, 0.2) is 0 Å². The van der Waals surface area contributed by atoms with Crippen molar-refractivity contribution >= 4 is 10.0 Å². The van der Waals surface area contributed by atoms with Crippen molar-refractivity contribution in [2.45, 2.75) is 53.9 Å². The van der Waals surface area contributed by atoms with Crippen molar-refractivity contribution in [3.05, 3.63) is 0 Å². The molecule has 0 amide bonds. The van der Waals surface area contributed by atoms with Crippen molar-refractivity contribution in [2.24, 2.45) is 22.2 Å². The third-order valence-electron chi connectivity index (χ3n) is 5.78. The Bertz CT molecular complexity index is 503. The highest BCUT2D eigenvalue weighted by atomic mass is 32.2. The van der Waals surface area contributed by atoms with Gasteiger partial charge in [-0.3, -0.25) is 0 Å². The zero-order chi connectivity index (χ0) is 15.8. The lowest BCUT2D eigenvalue weighted by molar-refractivity contribution is -0.0119. The molecule has 0 aromatic heterocycles. The molecule has 4 heteroatoms. The molecular weight excluding hydrogens is 270 g/mol. The third-order valence-corrected chi connectivity index (χ3v) is 6.45. The zero-order valence-corrected chi connectivity index (χ0v) is 14.5. The molecule has 3 nitrogen and oxygen atoms in total. The number of nitrogens with one attached hydrogen (secondary N) is 1. The largest absolute Gasteiger partial charge is 0.215 e. The molecule has 116 valence electrons. The van der Waals surface area contributed by atoms with Crippen LogP contribution in [0.3, 0.4) is 0 Å². The van der Waals surface area contributed by atoms with E-state index in [1.165, 1.54) is 6.26 Å². The molecule has 1 fully saturated rings. The van der Waals surface area contributed by atoms with E-state index in [-0.39, 0.29) is 16.2 Å². The average molecular weight is 299 g/mol. The van der Waals surface area contributed by atoms with Crippen molar-refractivity contribution in [2.75, 3.05) is 12.8 Å². The van der Waals surface area contributed by atoms with Gasteiger partial charge in [-0.1, -0.05) is 33.6 Å². The van der Waals surface area contributed by atoms with E-state index in [0.29, 0.717) is 12.5 Å². The summed E-state index contributed by atoms with van der Waals surface area (Å²) in [6.07, 6.45) is 9.99. The van der Waals surface area contributed by atoms with Gasteiger partial charge in [0.2, 0.25) is 10.0 Å². The summed E-state index contributed by atoms with van der Waals surface area (Å²) in [6, 6.07) is 0. The molecule has 20 heavy (non-hydrogen) atoms. The van der Waals surface area contributed by atoms with Crippen molar-refractivity contribution in [3.63, 3.8) is 0 Å². The van der Waals surface area contributed by atoms with E-state index >= 15 is 0 Å². The first-order chi connectivity index (χ1) is 8.85. The number of hydrogen-bond acceptors (Lipinski definition) is 2. The molecule has 0 radical (unpaired) electrons. The molecule has 0 spiro atoms. The summed E-state index contributed by atoms with van der Waals surface area (Å²) in [5.41, 5.74) is -0.0272. The lowest BCUT2D eigenvalue weighted by Crippen LogP contribution is -2.49. The fourth-order valence-corrected chi connectivity index (χ4v) is 3.76. The summed E-state index contributed by atoms with van der Waals surface area (Å²) in [5, 5.41) is 0. The first-order valence-corrected chi connectivity index (χ1v) is 9.17. The first-order valence-electron chi connectivity index (χ1n) is 7.28. The van der Waals surface area contributed by atoms with E-state index < -0.39 is 10.0 Å². The Hall–Kier alpha value is -0.530. The predicted octanol–water partition coefficient (Wildman–Crippen LogP) is 3.03. The van der Waals surface area contributed by atoms with Crippen LogP contribution in [-0.4, -0.2) is 21.2 Å². The van der Waals surface area contributed by atoms with Crippen LogP contribution >= 0.6 is 0 Å². The van der Waals surface area contributed by atoms with Crippen LogP contribution in [0.2, 0.25) is 0 Å². The molecule has 0 heterocycles. The zero-order valence-electron chi connectivity index (χ0n) is 13.7. The van der Waals surface area contributed by atoms with Gasteiger partial charge in [-0.15, -0.1) is 6.42 Å². The van der Waals surface area contributed by atoms with Crippen LogP contribution in [-0.2, 0) is 10.0 Å². The van der Waals surface area contributed by atoms with Gasteiger partial charge in [-0.05, 0) is 42.9 Å². The van der Waals surface area contributed by atoms with Crippen LogP contribution in [0, 0.1) is 34.5 Å². The minimum atomic E-state index is -3.15. The summed E-state index contributed by atoms with van der Waals surface area (Å²) < 4.78 is 25.3. The Morgan fingerprint density at radius 3 is 2.30 bits per heavy atom. The van der Waals surface area contributed by atoms with Gasteiger partial charge in [0, 0.05) is 12.0 Å². The molecular formula is C16H29NO2S. The van der Waals surface area contributed by atoms with Gasteiger partial charge in [-0.2, -0.15) is 0 Å². The Morgan fingerprint density at radius 1 is 1.35 bits per heavy atom. The van der Waals surface area contributed by atoms with Gasteiger partial charge < -0.3 is 0 Å². The minimum Gasteiger partial charge on any atom is -0.215 e. The van der Waals surface area contributed by atoms with Crippen LogP contribution in [0.25, 0.3) is 0 Å². The quantitative estimate of drug-likeness (QED) is 0.811. The Balaban J connectivity index is 2.88. The van der Waals surface area contributed by atoms with E-state index in [9.17, 15) is 8.42 Å². The molecule has 1 saturated carbocycles. The molecule has 1 aliphatic carbocycles. The lowest BCUT2D eigenvalue weighted by Gasteiger charge is -2.53. The molecule has 0 saturated heterocycles. The summed E-state index contributed by atoms with van der Waals surface area (Å²) in [5.74, 6) is 3.41. The van der Waals surface area contributed by atoms with E-state index in [1.54, 1.807) is 0 Å². The van der Waals surface area contributed by atoms with Gasteiger partial charge in [0.1, 0.15) is 0 Å². The maximum atomic E-state index is 11.3. The molecule has 0 aliphatic heterocycles. The second-order valence-corrected chi connectivity index (χ2v) is 9.54. The molecule has 3 atom stereocenters. The van der Waals surface area contributed by atoms with Crippen LogP contribution in [0.5, 0.6) is 0 Å². The van der Waals surface area contributed by atoms with Gasteiger partial charge in [0.05, 0.1) is 6.26 Å². The highest BCUT2D eigenvalue weighted by Gasteiger charge is 2.48.